The average Bonchev–Trinajstić information content (AvgIpc) is 3.00. The fourth-order valence-electron chi connectivity index (χ4n) is 4.71. The van der Waals surface area contributed by atoms with E-state index in [-0.39, 0.29) is 5.92 Å². The maximum atomic E-state index is 12.2. The van der Waals surface area contributed by atoms with Crippen LogP contribution in [0.4, 0.5) is 0 Å². The van der Waals surface area contributed by atoms with Crippen molar-refractivity contribution < 1.29 is 34.4 Å². The summed E-state index contributed by atoms with van der Waals surface area (Å²) >= 11 is 6.28. The van der Waals surface area contributed by atoms with Gasteiger partial charge in [-0.1, -0.05) is 41.9 Å². The van der Waals surface area contributed by atoms with E-state index in [1.165, 1.54) is 5.56 Å². The summed E-state index contributed by atoms with van der Waals surface area (Å²) in [5.74, 6) is -2.99. The quantitative estimate of drug-likeness (QED) is 0.332. The van der Waals surface area contributed by atoms with E-state index in [1.54, 1.807) is 14.2 Å². The molecule has 3 rings (SSSR count). The molecular formula is C27H36ClNO7. The minimum atomic E-state index is -1.82. The number of aryl methyl sites for hydroxylation is 1. The lowest BCUT2D eigenvalue weighted by atomic mass is 9.73. The summed E-state index contributed by atoms with van der Waals surface area (Å²) in [5.41, 5.74) is 2.49. The molecule has 9 heteroatoms. The fourth-order valence-corrected chi connectivity index (χ4v) is 4.90. The highest BCUT2D eigenvalue weighted by Crippen LogP contribution is 2.48. The van der Waals surface area contributed by atoms with Crippen molar-refractivity contribution in [2.45, 2.75) is 43.6 Å². The van der Waals surface area contributed by atoms with Gasteiger partial charge in [-0.3, -0.25) is 0 Å². The third-order valence-corrected chi connectivity index (χ3v) is 6.85. The maximum Gasteiger partial charge on any atom is 0.414 e. The van der Waals surface area contributed by atoms with E-state index in [0.29, 0.717) is 17.2 Å². The van der Waals surface area contributed by atoms with Crippen LogP contribution in [-0.4, -0.2) is 73.1 Å². The molecule has 2 aromatic carbocycles. The number of nitrogens with zero attached hydrogens (tertiary/aromatic N) is 1. The van der Waals surface area contributed by atoms with Gasteiger partial charge in [-0.2, -0.15) is 0 Å². The van der Waals surface area contributed by atoms with Crippen LogP contribution in [0.2, 0.25) is 5.02 Å². The molecule has 0 saturated heterocycles. The number of carboxylic acid groups (broad SMARTS) is 2. The molecule has 36 heavy (non-hydrogen) atoms. The maximum absolute atomic E-state index is 12.2. The SMILES string of the molecule is COCCN(C)CCCC1(O)c2ccccc2CCCC1c1ccc(Cl)c(OC)c1.O=C(O)C(=O)O. The van der Waals surface area contributed by atoms with Gasteiger partial charge in [0.15, 0.2) is 0 Å². The van der Waals surface area contributed by atoms with E-state index in [1.807, 2.05) is 24.3 Å². The van der Waals surface area contributed by atoms with Crippen LogP contribution < -0.4 is 4.74 Å². The summed E-state index contributed by atoms with van der Waals surface area (Å²) in [6, 6.07) is 14.3. The van der Waals surface area contributed by atoms with Crippen LogP contribution in [0.1, 0.15) is 48.3 Å². The third kappa shape index (κ3) is 7.93. The second-order valence-electron chi connectivity index (χ2n) is 8.93. The molecule has 0 heterocycles. The van der Waals surface area contributed by atoms with Crippen LogP contribution in [0, 0.1) is 0 Å². The van der Waals surface area contributed by atoms with Crippen molar-refractivity contribution in [1.82, 2.24) is 4.90 Å². The Balaban J connectivity index is 0.000000678. The first-order chi connectivity index (χ1) is 17.1. The van der Waals surface area contributed by atoms with Gasteiger partial charge in [0.05, 0.1) is 24.3 Å². The molecule has 2 unspecified atom stereocenters. The van der Waals surface area contributed by atoms with Crippen molar-refractivity contribution in [3.63, 3.8) is 0 Å². The highest BCUT2D eigenvalue weighted by molar-refractivity contribution is 6.32. The number of carboxylic acids is 2. The third-order valence-electron chi connectivity index (χ3n) is 6.53. The first-order valence-electron chi connectivity index (χ1n) is 11.9. The molecule has 2 aromatic rings. The zero-order chi connectivity index (χ0) is 26.7. The number of methoxy groups -OCH3 is 2. The Bertz CT molecular complexity index is 1000. The zero-order valence-corrected chi connectivity index (χ0v) is 21.8. The average molecular weight is 522 g/mol. The molecule has 0 aliphatic heterocycles. The Kier molecular flexibility index (Phi) is 11.7. The van der Waals surface area contributed by atoms with Crippen molar-refractivity contribution in [1.29, 1.82) is 0 Å². The van der Waals surface area contributed by atoms with Gasteiger partial charge >= 0.3 is 11.9 Å². The molecule has 0 fully saturated rings. The van der Waals surface area contributed by atoms with Gasteiger partial charge in [-0.15, -0.1) is 0 Å². The highest BCUT2D eigenvalue weighted by Gasteiger charge is 2.41. The van der Waals surface area contributed by atoms with Crippen molar-refractivity contribution in [2.24, 2.45) is 0 Å². The number of hydrogen-bond donors (Lipinski definition) is 3. The highest BCUT2D eigenvalue weighted by atomic mass is 35.5. The molecule has 0 saturated carbocycles. The molecule has 0 amide bonds. The van der Waals surface area contributed by atoms with Gasteiger partial charge in [-0.05, 0) is 74.5 Å². The molecule has 0 spiro atoms. The normalized spacial score (nSPS) is 19.0. The number of hydrogen-bond acceptors (Lipinski definition) is 6. The first kappa shape index (κ1) is 29.6. The summed E-state index contributed by atoms with van der Waals surface area (Å²) < 4.78 is 10.6. The number of carbonyl (C=O) groups is 2. The molecule has 8 nitrogen and oxygen atoms in total. The standard InChI is InChI=1S/C25H34ClNO3.C2H2O4/c1-27(16-17-29-2)15-7-14-25(28)21-10-5-4-8-19(21)9-6-11-22(25)20-12-13-23(26)24(18-20)30-3;3-1(4)2(5)6/h4-5,8,10,12-13,18,22,28H,6-7,9,11,14-17H2,1-3H3;(H,3,4)(H,5,6). The fraction of sp³-hybridized carbons (Fsp3) is 0.481. The van der Waals surface area contributed by atoms with Gasteiger partial charge in [0.1, 0.15) is 5.75 Å². The molecule has 0 bridgehead atoms. The van der Waals surface area contributed by atoms with Crippen LogP contribution in [0.15, 0.2) is 42.5 Å². The summed E-state index contributed by atoms with van der Waals surface area (Å²) in [5, 5.41) is 27.6. The predicted molar refractivity (Wildman–Crippen MR) is 138 cm³/mol. The van der Waals surface area contributed by atoms with Gasteiger partial charge in [-0.25, -0.2) is 9.59 Å². The Morgan fingerprint density at radius 1 is 1.11 bits per heavy atom. The Morgan fingerprint density at radius 2 is 1.81 bits per heavy atom. The van der Waals surface area contributed by atoms with Crippen molar-refractivity contribution in [3.8, 4) is 5.75 Å². The summed E-state index contributed by atoms with van der Waals surface area (Å²) in [7, 11) is 5.46. The largest absolute Gasteiger partial charge is 0.495 e. The van der Waals surface area contributed by atoms with E-state index >= 15 is 0 Å². The van der Waals surface area contributed by atoms with E-state index in [9.17, 15) is 5.11 Å². The van der Waals surface area contributed by atoms with Crippen LogP contribution in [0.5, 0.6) is 5.75 Å². The number of ether oxygens (including phenoxy) is 2. The minimum Gasteiger partial charge on any atom is -0.495 e. The van der Waals surface area contributed by atoms with Crippen LogP contribution in [0.3, 0.4) is 0 Å². The van der Waals surface area contributed by atoms with Gasteiger partial charge in [0.25, 0.3) is 0 Å². The summed E-state index contributed by atoms with van der Waals surface area (Å²) in [4.78, 5) is 20.5. The van der Waals surface area contributed by atoms with Gasteiger partial charge in [0, 0.05) is 19.6 Å². The number of fused-ring (bicyclic) bond motifs is 1. The molecule has 198 valence electrons. The molecule has 3 N–H and O–H groups in total. The molecule has 2 atom stereocenters. The molecule has 1 aliphatic carbocycles. The molecule has 0 aromatic heterocycles. The topological polar surface area (TPSA) is 117 Å². The Hall–Kier alpha value is -2.65. The Labute approximate surface area is 217 Å². The van der Waals surface area contributed by atoms with Gasteiger partial charge < -0.3 is 29.7 Å². The number of halogens is 1. The lowest BCUT2D eigenvalue weighted by Crippen LogP contribution is -2.35. The lowest BCUT2D eigenvalue weighted by molar-refractivity contribution is -0.159. The minimum absolute atomic E-state index is 0.00315. The van der Waals surface area contributed by atoms with Crippen LogP contribution in [-0.2, 0) is 26.3 Å². The second kappa shape index (κ2) is 14.2. The van der Waals surface area contributed by atoms with E-state index in [2.05, 4.69) is 30.1 Å². The predicted octanol–water partition coefficient (Wildman–Crippen LogP) is 4.17. The first-order valence-corrected chi connectivity index (χ1v) is 12.3. The summed E-state index contributed by atoms with van der Waals surface area (Å²) in [6.07, 6.45) is 4.58. The zero-order valence-electron chi connectivity index (χ0n) is 21.1. The van der Waals surface area contributed by atoms with Crippen molar-refractivity contribution in [3.05, 3.63) is 64.2 Å². The van der Waals surface area contributed by atoms with Crippen molar-refractivity contribution >= 4 is 23.5 Å². The van der Waals surface area contributed by atoms with Crippen LogP contribution >= 0.6 is 11.6 Å². The molecular weight excluding hydrogens is 486 g/mol. The van der Waals surface area contributed by atoms with Crippen LogP contribution in [0.25, 0.3) is 0 Å². The van der Waals surface area contributed by atoms with E-state index in [0.717, 1.165) is 56.5 Å². The number of likely N-dealkylation sites (N-methyl/N-ethyl adjacent to an activating group) is 1. The lowest BCUT2D eigenvalue weighted by Gasteiger charge is -2.37. The number of benzene rings is 2. The monoisotopic (exact) mass is 521 g/mol. The summed E-state index contributed by atoms with van der Waals surface area (Å²) in [6.45, 7) is 2.53. The smallest absolute Gasteiger partial charge is 0.414 e. The van der Waals surface area contributed by atoms with Gasteiger partial charge in [0.2, 0.25) is 0 Å². The van der Waals surface area contributed by atoms with E-state index < -0.39 is 17.5 Å². The number of aliphatic carboxylic acids is 2. The Morgan fingerprint density at radius 3 is 2.44 bits per heavy atom. The molecule has 1 aliphatic rings. The second-order valence-corrected chi connectivity index (χ2v) is 9.34. The van der Waals surface area contributed by atoms with E-state index in [4.69, 9.17) is 40.9 Å². The van der Waals surface area contributed by atoms with Crippen molar-refractivity contribution in [2.75, 3.05) is 41.0 Å². The number of aliphatic hydroxyl groups is 1. The molecule has 0 radical (unpaired) electrons. The number of rotatable bonds is 9.